The average molecular weight is 205 g/mol. The maximum absolute atomic E-state index is 10.8. The summed E-state index contributed by atoms with van der Waals surface area (Å²) in [6.45, 7) is 3.26. The molecule has 1 aromatic rings. The van der Waals surface area contributed by atoms with Crippen molar-refractivity contribution in [3.63, 3.8) is 0 Å². The number of aryl methyl sites for hydroxylation is 2. The number of nitrogens with zero attached hydrogens (tertiary/aromatic N) is 1. The summed E-state index contributed by atoms with van der Waals surface area (Å²) in [5.74, 6) is 5.02. The van der Waals surface area contributed by atoms with Gasteiger partial charge in [0.05, 0.1) is 4.92 Å². The van der Waals surface area contributed by atoms with E-state index in [1.54, 1.807) is 13.8 Å². The third-order valence-electron chi connectivity index (χ3n) is 1.95. The minimum atomic E-state index is -0.457. The second-order valence-corrected chi connectivity index (χ2v) is 3.19. The first-order valence-electron chi connectivity index (χ1n) is 4.41. The van der Waals surface area contributed by atoms with E-state index in [2.05, 4.69) is 11.8 Å². The Morgan fingerprint density at radius 2 is 2.13 bits per heavy atom. The van der Waals surface area contributed by atoms with Gasteiger partial charge in [-0.15, -0.1) is 0 Å². The molecule has 0 aromatic heterocycles. The Balaban J connectivity index is 3.40. The third kappa shape index (κ3) is 2.55. The first kappa shape index (κ1) is 11.2. The minimum Gasteiger partial charge on any atom is -0.384 e. The second-order valence-electron chi connectivity index (χ2n) is 3.19. The molecule has 1 N–H and O–H groups in total. The van der Waals surface area contributed by atoms with Crippen molar-refractivity contribution >= 4 is 5.69 Å². The molecule has 0 aliphatic rings. The van der Waals surface area contributed by atoms with Gasteiger partial charge >= 0.3 is 0 Å². The molecule has 0 fully saturated rings. The summed E-state index contributed by atoms with van der Waals surface area (Å²) in [7, 11) is 0. The number of aliphatic hydroxyl groups is 1. The summed E-state index contributed by atoms with van der Waals surface area (Å²) in [6.07, 6.45) is 0. The highest BCUT2D eigenvalue weighted by Crippen LogP contribution is 2.22. The SMILES string of the molecule is Cc1cc(C)c(C#CCO)c([N+](=O)[O-])c1. The van der Waals surface area contributed by atoms with E-state index in [-0.39, 0.29) is 12.3 Å². The van der Waals surface area contributed by atoms with Crippen LogP contribution in [0.25, 0.3) is 0 Å². The molecule has 0 amide bonds. The summed E-state index contributed by atoms with van der Waals surface area (Å²) >= 11 is 0. The zero-order valence-corrected chi connectivity index (χ0v) is 8.57. The van der Waals surface area contributed by atoms with Gasteiger partial charge in [-0.25, -0.2) is 0 Å². The number of aliphatic hydroxyl groups excluding tert-OH is 1. The van der Waals surface area contributed by atoms with Crippen molar-refractivity contribution < 1.29 is 10.0 Å². The van der Waals surface area contributed by atoms with Crippen LogP contribution in [0.5, 0.6) is 0 Å². The van der Waals surface area contributed by atoms with E-state index in [0.29, 0.717) is 5.56 Å². The number of nitro benzene ring substituents is 1. The molecule has 0 unspecified atom stereocenters. The van der Waals surface area contributed by atoms with E-state index in [4.69, 9.17) is 5.11 Å². The summed E-state index contributed by atoms with van der Waals surface area (Å²) < 4.78 is 0. The fourth-order valence-electron chi connectivity index (χ4n) is 1.38. The zero-order valence-electron chi connectivity index (χ0n) is 8.57. The van der Waals surface area contributed by atoms with Crippen LogP contribution in [0.15, 0.2) is 12.1 Å². The predicted molar refractivity (Wildman–Crippen MR) is 56.5 cm³/mol. The Bertz CT molecular complexity index is 455. The van der Waals surface area contributed by atoms with Gasteiger partial charge in [-0.2, -0.15) is 0 Å². The highest BCUT2D eigenvalue weighted by atomic mass is 16.6. The zero-order chi connectivity index (χ0) is 11.4. The van der Waals surface area contributed by atoms with Gasteiger partial charge in [-0.3, -0.25) is 10.1 Å². The predicted octanol–water partition coefficient (Wildman–Crippen LogP) is 1.56. The van der Waals surface area contributed by atoms with Gasteiger partial charge in [0.2, 0.25) is 0 Å². The average Bonchev–Trinajstić information content (AvgIpc) is 2.15. The van der Waals surface area contributed by atoms with Crippen LogP contribution in [0.1, 0.15) is 16.7 Å². The lowest BCUT2D eigenvalue weighted by Crippen LogP contribution is -1.96. The molecule has 0 atom stereocenters. The van der Waals surface area contributed by atoms with Crippen molar-refractivity contribution in [3.8, 4) is 11.8 Å². The van der Waals surface area contributed by atoms with E-state index in [0.717, 1.165) is 11.1 Å². The first-order chi connectivity index (χ1) is 7.06. The molecule has 0 bridgehead atoms. The Morgan fingerprint density at radius 3 is 2.67 bits per heavy atom. The fraction of sp³-hybridized carbons (Fsp3) is 0.273. The number of nitro groups is 1. The highest BCUT2D eigenvalue weighted by Gasteiger charge is 2.14. The smallest absolute Gasteiger partial charge is 0.285 e. The van der Waals surface area contributed by atoms with Gasteiger partial charge in [0.15, 0.2) is 0 Å². The van der Waals surface area contributed by atoms with Gasteiger partial charge in [0.1, 0.15) is 12.2 Å². The molecule has 0 saturated carbocycles. The molecule has 4 nitrogen and oxygen atoms in total. The van der Waals surface area contributed by atoms with Crippen LogP contribution in [0.3, 0.4) is 0 Å². The van der Waals surface area contributed by atoms with Crippen LogP contribution >= 0.6 is 0 Å². The molecule has 78 valence electrons. The minimum absolute atomic E-state index is 0.00606. The third-order valence-corrected chi connectivity index (χ3v) is 1.95. The van der Waals surface area contributed by atoms with Gasteiger partial charge in [0, 0.05) is 6.07 Å². The van der Waals surface area contributed by atoms with E-state index in [9.17, 15) is 10.1 Å². The molecule has 0 saturated heterocycles. The van der Waals surface area contributed by atoms with Crippen molar-refractivity contribution in [2.45, 2.75) is 13.8 Å². The van der Waals surface area contributed by atoms with Gasteiger partial charge in [-0.1, -0.05) is 17.9 Å². The van der Waals surface area contributed by atoms with Crippen molar-refractivity contribution in [1.29, 1.82) is 0 Å². The second kappa shape index (κ2) is 4.58. The van der Waals surface area contributed by atoms with Crippen molar-refractivity contribution in [2.24, 2.45) is 0 Å². The van der Waals surface area contributed by atoms with Crippen molar-refractivity contribution in [1.82, 2.24) is 0 Å². The number of rotatable bonds is 1. The molecular formula is C11H11NO3. The molecule has 0 aliphatic carbocycles. The summed E-state index contributed by atoms with van der Waals surface area (Å²) in [4.78, 5) is 10.3. The maximum atomic E-state index is 10.8. The lowest BCUT2D eigenvalue weighted by molar-refractivity contribution is -0.385. The molecule has 15 heavy (non-hydrogen) atoms. The monoisotopic (exact) mass is 205 g/mol. The summed E-state index contributed by atoms with van der Waals surface area (Å²) in [5, 5.41) is 19.3. The molecular weight excluding hydrogens is 194 g/mol. The first-order valence-corrected chi connectivity index (χ1v) is 4.41. The quantitative estimate of drug-likeness (QED) is 0.430. The van der Waals surface area contributed by atoms with Crippen LogP contribution in [0.2, 0.25) is 0 Å². The van der Waals surface area contributed by atoms with Crippen LogP contribution < -0.4 is 0 Å². The van der Waals surface area contributed by atoms with Crippen LogP contribution in [0, 0.1) is 35.8 Å². The highest BCUT2D eigenvalue weighted by molar-refractivity contribution is 5.56. The topological polar surface area (TPSA) is 63.4 Å². The molecule has 4 heteroatoms. The van der Waals surface area contributed by atoms with E-state index in [1.807, 2.05) is 6.07 Å². The van der Waals surface area contributed by atoms with Gasteiger partial charge in [-0.05, 0) is 25.0 Å². The molecule has 1 aromatic carbocycles. The Hall–Kier alpha value is -1.86. The molecule has 0 heterocycles. The van der Waals surface area contributed by atoms with Crippen molar-refractivity contribution in [3.05, 3.63) is 38.9 Å². The maximum Gasteiger partial charge on any atom is 0.285 e. The largest absolute Gasteiger partial charge is 0.384 e. The Morgan fingerprint density at radius 1 is 1.47 bits per heavy atom. The van der Waals surface area contributed by atoms with E-state index >= 15 is 0 Å². The fourth-order valence-corrected chi connectivity index (χ4v) is 1.38. The Kier molecular flexibility index (Phi) is 3.42. The molecule has 1 rings (SSSR count). The lowest BCUT2D eigenvalue weighted by Gasteiger charge is -2.01. The lowest BCUT2D eigenvalue weighted by atomic mass is 10.0. The number of hydrogen-bond acceptors (Lipinski definition) is 3. The van der Waals surface area contributed by atoms with Crippen LogP contribution in [-0.4, -0.2) is 16.6 Å². The summed E-state index contributed by atoms with van der Waals surface area (Å²) in [5.41, 5.74) is 1.95. The van der Waals surface area contributed by atoms with Crippen molar-refractivity contribution in [2.75, 3.05) is 6.61 Å². The normalized spacial score (nSPS) is 9.27. The molecule has 0 spiro atoms. The van der Waals surface area contributed by atoms with E-state index in [1.165, 1.54) is 6.07 Å². The van der Waals surface area contributed by atoms with Crippen LogP contribution in [0.4, 0.5) is 5.69 Å². The molecule has 0 radical (unpaired) electrons. The van der Waals surface area contributed by atoms with Gasteiger partial charge in [0.25, 0.3) is 5.69 Å². The van der Waals surface area contributed by atoms with E-state index < -0.39 is 4.92 Å². The van der Waals surface area contributed by atoms with Crippen LogP contribution in [-0.2, 0) is 0 Å². The van der Waals surface area contributed by atoms with Gasteiger partial charge < -0.3 is 5.11 Å². The number of benzene rings is 1. The summed E-state index contributed by atoms with van der Waals surface area (Å²) in [6, 6.07) is 3.31. The number of hydrogen-bond donors (Lipinski definition) is 1. The standard InChI is InChI=1S/C11H11NO3/c1-8-6-9(2)10(4-3-5-13)11(7-8)12(14)15/h6-7,13H,5H2,1-2H3. The Labute approximate surface area is 87.7 Å². The molecule has 0 aliphatic heterocycles.